The summed E-state index contributed by atoms with van der Waals surface area (Å²) >= 11 is 0. The van der Waals surface area contributed by atoms with Crippen molar-refractivity contribution in [2.45, 2.75) is 38.8 Å². The SMILES string of the molecule is Cn1ncc(-c2ccc(-c3cnc(N4CCC(NC(C)(C)C)C4)nn3)c(O)c2)n1. The van der Waals surface area contributed by atoms with Crippen LogP contribution >= 0.6 is 0 Å². The normalized spacial score (nSPS) is 17.1. The molecule has 0 bridgehead atoms. The fourth-order valence-electron chi connectivity index (χ4n) is 3.60. The van der Waals surface area contributed by atoms with E-state index in [4.69, 9.17) is 0 Å². The van der Waals surface area contributed by atoms with E-state index in [1.807, 2.05) is 6.07 Å². The second-order valence-electron chi connectivity index (χ2n) is 8.42. The number of phenols is 1. The number of benzene rings is 1. The quantitative estimate of drug-likeness (QED) is 0.692. The van der Waals surface area contributed by atoms with Crippen LogP contribution in [0.25, 0.3) is 22.5 Å². The number of hydrogen-bond donors (Lipinski definition) is 2. The Bertz CT molecular complexity index is 992. The van der Waals surface area contributed by atoms with Crippen molar-refractivity contribution in [3.05, 3.63) is 30.6 Å². The molecular formula is C20H26N8O. The molecule has 3 heterocycles. The minimum Gasteiger partial charge on any atom is -0.507 e. The topological polar surface area (TPSA) is 105 Å². The zero-order chi connectivity index (χ0) is 20.6. The third-order valence-electron chi connectivity index (χ3n) is 4.83. The number of aromatic nitrogens is 6. The Hall–Kier alpha value is -3.07. The van der Waals surface area contributed by atoms with E-state index in [9.17, 15) is 5.11 Å². The van der Waals surface area contributed by atoms with E-state index in [1.165, 1.54) is 4.80 Å². The molecule has 1 aliphatic rings. The molecule has 0 aliphatic carbocycles. The lowest BCUT2D eigenvalue weighted by Crippen LogP contribution is -2.45. The molecule has 0 saturated carbocycles. The third kappa shape index (κ3) is 4.34. The molecule has 9 nitrogen and oxygen atoms in total. The first-order valence-corrected chi connectivity index (χ1v) is 9.71. The van der Waals surface area contributed by atoms with Gasteiger partial charge in [-0.25, -0.2) is 4.98 Å². The molecule has 0 spiro atoms. The van der Waals surface area contributed by atoms with Gasteiger partial charge in [-0.05, 0) is 39.3 Å². The van der Waals surface area contributed by atoms with Crippen LogP contribution in [0.5, 0.6) is 5.75 Å². The molecule has 1 aliphatic heterocycles. The van der Waals surface area contributed by atoms with Gasteiger partial charge in [0.1, 0.15) is 17.1 Å². The summed E-state index contributed by atoms with van der Waals surface area (Å²) in [5.74, 6) is 0.718. The lowest BCUT2D eigenvalue weighted by molar-refractivity contribution is 0.373. The highest BCUT2D eigenvalue weighted by Gasteiger charge is 2.27. The number of rotatable bonds is 4. The molecule has 152 valence electrons. The fraction of sp³-hybridized carbons (Fsp3) is 0.450. The number of anilines is 1. The molecule has 0 amide bonds. The Morgan fingerprint density at radius 1 is 1.14 bits per heavy atom. The van der Waals surface area contributed by atoms with Gasteiger partial charge in [0.2, 0.25) is 5.95 Å². The van der Waals surface area contributed by atoms with Crippen LogP contribution in [0, 0.1) is 0 Å². The summed E-state index contributed by atoms with van der Waals surface area (Å²) in [7, 11) is 1.75. The van der Waals surface area contributed by atoms with Gasteiger partial charge in [0.25, 0.3) is 0 Å². The summed E-state index contributed by atoms with van der Waals surface area (Å²) in [6.07, 6.45) is 4.36. The Kier molecular flexibility index (Phi) is 4.91. The van der Waals surface area contributed by atoms with Crippen molar-refractivity contribution in [1.29, 1.82) is 0 Å². The molecule has 3 aromatic rings. The molecule has 1 aromatic carbocycles. The van der Waals surface area contributed by atoms with Crippen LogP contribution in [-0.2, 0) is 7.05 Å². The van der Waals surface area contributed by atoms with Crippen LogP contribution in [0.3, 0.4) is 0 Å². The van der Waals surface area contributed by atoms with Crippen molar-refractivity contribution in [3.8, 4) is 28.3 Å². The first kappa shape index (κ1) is 19.3. The van der Waals surface area contributed by atoms with E-state index >= 15 is 0 Å². The molecule has 1 saturated heterocycles. The van der Waals surface area contributed by atoms with E-state index in [0.29, 0.717) is 28.9 Å². The van der Waals surface area contributed by atoms with Gasteiger partial charge >= 0.3 is 0 Å². The average Bonchev–Trinajstić information content (AvgIpc) is 3.30. The maximum atomic E-state index is 10.5. The van der Waals surface area contributed by atoms with Gasteiger partial charge in [0.05, 0.1) is 12.4 Å². The second-order valence-corrected chi connectivity index (χ2v) is 8.42. The predicted octanol–water partition coefficient (Wildman–Crippen LogP) is 2.01. The summed E-state index contributed by atoms with van der Waals surface area (Å²) in [6, 6.07) is 5.73. The van der Waals surface area contributed by atoms with Crippen molar-refractivity contribution < 1.29 is 5.11 Å². The summed E-state index contributed by atoms with van der Waals surface area (Å²) in [4.78, 5) is 8.10. The average molecular weight is 394 g/mol. The van der Waals surface area contributed by atoms with E-state index in [2.05, 4.69) is 56.4 Å². The zero-order valence-electron chi connectivity index (χ0n) is 17.2. The van der Waals surface area contributed by atoms with Crippen molar-refractivity contribution in [2.75, 3.05) is 18.0 Å². The first-order chi connectivity index (χ1) is 13.8. The van der Waals surface area contributed by atoms with E-state index in [0.717, 1.165) is 25.1 Å². The Morgan fingerprint density at radius 2 is 1.97 bits per heavy atom. The molecule has 4 rings (SSSR count). The Balaban J connectivity index is 1.48. The van der Waals surface area contributed by atoms with Crippen molar-refractivity contribution >= 4 is 5.95 Å². The smallest absolute Gasteiger partial charge is 0.245 e. The number of hydrogen-bond acceptors (Lipinski definition) is 8. The Morgan fingerprint density at radius 3 is 2.59 bits per heavy atom. The number of aryl methyl sites for hydroxylation is 1. The molecule has 1 atom stereocenters. The van der Waals surface area contributed by atoms with Crippen LogP contribution in [0.2, 0.25) is 0 Å². The van der Waals surface area contributed by atoms with Gasteiger partial charge in [-0.2, -0.15) is 15.0 Å². The summed E-state index contributed by atoms with van der Waals surface area (Å²) < 4.78 is 0. The van der Waals surface area contributed by atoms with Crippen molar-refractivity contribution in [1.82, 2.24) is 35.5 Å². The van der Waals surface area contributed by atoms with Crippen LogP contribution < -0.4 is 10.2 Å². The molecule has 2 N–H and O–H groups in total. The predicted molar refractivity (Wildman–Crippen MR) is 110 cm³/mol. The molecule has 2 aromatic heterocycles. The van der Waals surface area contributed by atoms with Gasteiger partial charge in [-0.15, -0.1) is 10.2 Å². The van der Waals surface area contributed by atoms with Crippen molar-refractivity contribution in [3.63, 3.8) is 0 Å². The van der Waals surface area contributed by atoms with Crippen LogP contribution in [0.1, 0.15) is 27.2 Å². The minimum atomic E-state index is 0.0820. The largest absolute Gasteiger partial charge is 0.507 e. The molecule has 1 fully saturated rings. The standard InChI is InChI=1S/C20H26N8O/c1-20(2,3)23-14-7-8-28(12-14)19-21-10-17(24-25-19)15-6-5-13(9-18(15)29)16-11-22-27(4)26-16/h5-6,9-11,14,23,29H,7-8,12H2,1-4H3. The van der Waals surface area contributed by atoms with E-state index in [1.54, 1.807) is 31.6 Å². The lowest BCUT2D eigenvalue weighted by atomic mass is 10.1. The fourth-order valence-corrected chi connectivity index (χ4v) is 3.60. The summed E-state index contributed by atoms with van der Waals surface area (Å²) in [6.45, 7) is 8.27. The monoisotopic (exact) mass is 394 g/mol. The van der Waals surface area contributed by atoms with Gasteiger partial charge in [0.15, 0.2) is 0 Å². The maximum absolute atomic E-state index is 10.5. The number of nitrogens with zero attached hydrogens (tertiary/aromatic N) is 7. The van der Waals surface area contributed by atoms with Crippen LogP contribution in [0.4, 0.5) is 5.95 Å². The van der Waals surface area contributed by atoms with Crippen LogP contribution in [-0.4, -0.2) is 60.0 Å². The maximum Gasteiger partial charge on any atom is 0.245 e. The highest BCUT2D eigenvalue weighted by molar-refractivity contribution is 5.72. The highest BCUT2D eigenvalue weighted by atomic mass is 16.3. The molecule has 29 heavy (non-hydrogen) atoms. The minimum absolute atomic E-state index is 0.0820. The summed E-state index contributed by atoms with van der Waals surface area (Å²) in [5, 5.41) is 31.0. The number of phenolic OH excluding ortho intramolecular Hbond substituents is 1. The zero-order valence-corrected chi connectivity index (χ0v) is 17.2. The van der Waals surface area contributed by atoms with Crippen molar-refractivity contribution in [2.24, 2.45) is 7.05 Å². The highest BCUT2D eigenvalue weighted by Crippen LogP contribution is 2.31. The summed E-state index contributed by atoms with van der Waals surface area (Å²) in [5.41, 5.74) is 2.67. The molecule has 1 unspecified atom stereocenters. The number of aromatic hydroxyl groups is 1. The Labute approximate surface area is 169 Å². The second kappa shape index (κ2) is 7.40. The molecule has 0 radical (unpaired) electrons. The molecular weight excluding hydrogens is 368 g/mol. The first-order valence-electron chi connectivity index (χ1n) is 9.71. The van der Waals surface area contributed by atoms with E-state index < -0.39 is 0 Å². The van der Waals surface area contributed by atoms with Gasteiger partial charge in [-0.3, -0.25) is 0 Å². The van der Waals surface area contributed by atoms with Crippen LogP contribution in [0.15, 0.2) is 30.6 Å². The molecule has 9 heteroatoms. The third-order valence-corrected chi connectivity index (χ3v) is 4.83. The van der Waals surface area contributed by atoms with E-state index in [-0.39, 0.29) is 11.3 Å². The number of nitrogens with one attached hydrogen (secondary N) is 1. The van der Waals surface area contributed by atoms with Gasteiger partial charge < -0.3 is 15.3 Å². The lowest BCUT2D eigenvalue weighted by Gasteiger charge is -2.25. The van der Waals surface area contributed by atoms with Gasteiger partial charge in [-0.1, -0.05) is 6.07 Å². The van der Waals surface area contributed by atoms with Gasteiger partial charge in [0, 0.05) is 42.8 Å².